The fraction of sp³-hybridized carbons (Fsp3) is 0.100. The number of ether oxygens (including phenoxy) is 2. The van der Waals surface area contributed by atoms with Gasteiger partial charge in [-0.2, -0.15) is 22.0 Å². The topological polar surface area (TPSA) is 18.5 Å². The first kappa shape index (κ1) is 19.6. The molecular weight excluding hydrogens is 386 g/mol. The molecule has 0 aliphatic rings. The molecule has 0 N–H and O–H groups in total. The molecule has 3 rings (SSSR count). The summed E-state index contributed by atoms with van der Waals surface area (Å²) in [5.74, 6) is -0.658. The summed E-state index contributed by atoms with van der Waals surface area (Å²) in [7, 11) is 0. The van der Waals surface area contributed by atoms with Crippen LogP contribution in [0.25, 0.3) is 11.1 Å². The molecule has 0 saturated carbocycles. The maximum absolute atomic E-state index is 13.5. The van der Waals surface area contributed by atoms with Gasteiger partial charge >= 0.3 is 12.8 Å². The molecule has 2 nitrogen and oxygen atoms in total. The lowest BCUT2D eigenvalue weighted by Gasteiger charge is -2.14. The van der Waals surface area contributed by atoms with Crippen LogP contribution >= 0.6 is 0 Å². The third-order valence-corrected chi connectivity index (χ3v) is 3.70. The van der Waals surface area contributed by atoms with Gasteiger partial charge in [-0.3, -0.25) is 0 Å². The summed E-state index contributed by atoms with van der Waals surface area (Å²) in [6.07, 6.45) is -4.67. The number of halogens is 6. The number of rotatable bonds is 5. The lowest BCUT2D eigenvalue weighted by Crippen LogP contribution is -2.07. The Kier molecular flexibility index (Phi) is 5.48. The van der Waals surface area contributed by atoms with Crippen molar-refractivity contribution >= 4 is 0 Å². The van der Waals surface area contributed by atoms with Crippen LogP contribution in [0.3, 0.4) is 0 Å². The van der Waals surface area contributed by atoms with E-state index in [1.54, 1.807) is 0 Å². The highest BCUT2D eigenvalue weighted by Gasteiger charge is 2.33. The third kappa shape index (κ3) is 4.76. The van der Waals surface area contributed by atoms with E-state index in [-0.39, 0.29) is 28.4 Å². The molecule has 0 aliphatic carbocycles. The molecule has 3 aromatic rings. The van der Waals surface area contributed by atoms with Gasteiger partial charge in [0.25, 0.3) is 0 Å². The smallest absolute Gasteiger partial charge is 0.417 e. The van der Waals surface area contributed by atoms with Gasteiger partial charge in [0, 0.05) is 6.07 Å². The zero-order valence-corrected chi connectivity index (χ0v) is 14.0. The molecule has 3 aromatic carbocycles. The number of alkyl halides is 5. The van der Waals surface area contributed by atoms with Crippen molar-refractivity contribution in [3.8, 4) is 28.4 Å². The van der Waals surface area contributed by atoms with Crippen molar-refractivity contribution in [2.75, 3.05) is 0 Å². The van der Waals surface area contributed by atoms with Crippen LogP contribution in [0.2, 0.25) is 0 Å². The van der Waals surface area contributed by atoms with Gasteiger partial charge in [0.1, 0.15) is 23.1 Å². The van der Waals surface area contributed by atoms with Gasteiger partial charge in [-0.05, 0) is 53.6 Å². The molecule has 0 amide bonds. The van der Waals surface area contributed by atoms with E-state index in [1.807, 2.05) is 0 Å². The van der Waals surface area contributed by atoms with Crippen LogP contribution < -0.4 is 9.47 Å². The molecule has 0 fully saturated rings. The maximum atomic E-state index is 13.5. The molecule has 0 atom stereocenters. The number of hydrogen-bond donors (Lipinski definition) is 0. The zero-order chi connectivity index (χ0) is 20.3. The van der Waals surface area contributed by atoms with Crippen molar-refractivity contribution in [1.29, 1.82) is 0 Å². The van der Waals surface area contributed by atoms with E-state index in [2.05, 4.69) is 4.74 Å². The Morgan fingerprint density at radius 1 is 0.750 bits per heavy atom. The van der Waals surface area contributed by atoms with Gasteiger partial charge < -0.3 is 9.47 Å². The van der Waals surface area contributed by atoms with E-state index in [0.717, 1.165) is 12.1 Å². The van der Waals surface area contributed by atoms with Crippen LogP contribution in [-0.4, -0.2) is 6.61 Å². The molecule has 0 unspecified atom stereocenters. The molecule has 0 aromatic heterocycles. The highest BCUT2D eigenvalue weighted by atomic mass is 19.4. The Balaban J connectivity index is 1.93. The van der Waals surface area contributed by atoms with Crippen LogP contribution in [-0.2, 0) is 6.18 Å². The lowest BCUT2D eigenvalue weighted by molar-refractivity contribution is -0.137. The Hall–Kier alpha value is -3.16. The Labute approximate surface area is 155 Å². The van der Waals surface area contributed by atoms with Crippen molar-refractivity contribution in [1.82, 2.24) is 0 Å². The molecule has 0 aliphatic heterocycles. The molecule has 0 radical (unpaired) electrons. The van der Waals surface area contributed by atoms with Gasteiger partial charge in [-0.1, -0.05) is 18.2 Å². The lowest BCUT2D eigenvalue weighted by atomic mass is 9.99. The first-order chi connectivity index (χ1) is 13.2. The van der Waals surface area contributed by atoms with Gasteiger partial charge in [0.05, 0.1) is 5.56 Å². The molecule has 146 valence electrons. The zero-order valence-electron chi connectivity index (χ0n) is 14.0. The highest BCUT2D eigenvalue weighted by Crippen LogP contribution is 2.38. The van der Waals surface area contributed by atoms with Gasteiger partial charge in [-0.15, -0.1) is 0 Å². The van der Waals surface area contributed by atoms with Crippen molar-refractivity contribution in [3.63, 3.8) is 0 Å². The fourth-order valence-electron chi connectivity index (χ4n) is 2.58. The van der Waals surface area contributed by atoms with Crippen LogP contribution in [0, 0.1) is 5.82 Å². The third-order valence-electron chi connectivity index (χ3n) is 3.70. The second-order valence-corrected chi connectivity index (χ2v) is 5.67. The molecule has 28 heavy (non-hydrogen) atoms. The predicted octanol–water partition coefficient (Wildman–Crippen LogP) is 6.91. The van der Waals surface area contributed by atoms with Gasteiger partial charge in [-0.25, -0.2) is 4.39 Å². The number of hydrogen-bond acceptors (Lipinski definition) is 2. The minimum atomic E-state index is -4.67. The minimum absolute atomic E-state index is 0.0873. The second kappa shape index (κ2) is 7.84. The van der Waals surface area contributed by atoms with E-state index in [9.17, 15) is 26.3 Å². The Bertz CT molecular complexity index is 969. The maximum Gasteiger partial charge on any atom is 0.417 e. The molecule has 0 saturated heterocycles. The largest absolute Gasteiger partial charge is 0.457 e. The van der Waals surface area contributed by atoms with Crippen molar-refractivity contribution < 1.29 is 35.8 Å². The molecular formula is C20H12F6O2. The predicted molar refractivity (Wildman–Crippen MR) is 90.0 cm³/mol. The molecule has 0 heterocycles. The van der Waals surface area contributed by atoms with Crippen molar-refractivity contribution in [3.05, 3.63) is 78.1 Å². The molecule has 8 heteroatoms. The van der Waals surface area contributed by atoms with E-state index in [1.165, 1.54) is 48.5 Å². The summed E-state index contributed by atoms with van der Waals surface area (Å²) in [6.45, 7) is -3.01. The highest BCUT2D eigenvalue weighted by molar-refractivity contribution is 5.69. The second-order valence-electron chi connectivity index (χ2n) is 5.67. The van der Waals surface area contributed by atoms with Crippen molar-refractivity contribution in [2.45, 2.75) is 12.8 Å². The summed E-state index contributed by atoms with van der Waals surface area (Å²) < 4.78 is 87.6. The summed E-state index contributed by atoms with van der Waals surface area (Å²) >= 11 is 0. The van der Waals surface area contributed by atoms with E-state index >= 15 is 0 Å². The summed E-state index contributed by atoms with van der Waals surface area (Å²) in [5.41, 5.74) is -1.24. The van der Waals surface area contributed by atoms with Crippen LogP contribution in [0.5, 0.6) is 17.2 Å². The van der Waals surface area contributed by atoms with Crippen LogP contribution in [0.1, 0.15) is 5.56 Å². The fourth-order valence-corrected chi connectivity index (χ4v) is 2.58. The van der Waals surface area contributed by atoms with Crippen LogP contribution in [0.15, 0.2) is 66.7 Å². The van der Waals surface area contributed by atoms with E-state index < -0.39 is 24.2 Å². The first-order valence-corrected chi connectivity index (χ1v) is 7.92. The summed E-state index contributed by atoms with van der Waals surface area (Å²) in [4.78, 5) is 0. The molecule has 0 spiro atoms. The standard InChI is InChI=1S/C20H12F6O2/c21-13-7-8-18(20(24,25)26)17(10-13)12-3-1-4-14(9-12)27-15-5-2-6-16(11-15)28-19(22)23/h1-11,19H. The van der Waals surface area contributed by atoms with Gasteiger partial charge in [0.15, 0.2) is 0 Å². The van der Waals surface area contributed by atoms with Crippen LogP contribution in [0.4, 0.5) is 26.3 Å². The molecule has 0 bridgehead atoms. The monoisotopic (exact) mass is 398 g/mol. The number of benzene rings is 3. The van der Waals surface area contributed by atoms with E-state index in [4.69, 9.17) is 4.74 Å². The van der Waals surface area contributed by atoms with Gasteiger partial charge in [0.2, 0.25) is 0 Å². The average molecular weight is 398 g/mol. The summed E-state index contributed by atoms with van der Waals surface area (Å²) in [6, 6.07) is 13.2. The van der Waals surface area contributed by atoms with E-state index in [0.29, 0.717) is 6.07 Å². The normalized spacial score (nSPS) is 11.5. The quantitative estimate of drug-likeness (QED) is 0.435. The summed E-state index contributed by atoms with van der Waals surface area (Å²) in [5, 5.41) is 0. The Morgan fingerprint density at radius 3 is 2.07 bits per heavy atom. The first-order valence-electron chi connectivity index (χ1n) is 7.92. The average Bonchev–Trinajstić information content (AvgIpc) is 2.60. The Morgan fingerprint density at radius 2 is 1.39 bits per heavy atom. The van der Waals surface area contributed by atoms with Crippen molar-refractivity contribution in [2.24, 2.45) is 0 Å². The minimum Gasteiger partial charge on any atom is -0.457 e. The SMILES string of the molecule is Fc1ccc(C(F)(F)F)c(-c2cccc(Oc3cccc(OC(F)F)c3)c2)c1.